The van der Waals surface area contributed by atoms with Crippen LogP contribution < -0.4 is 0 Å². The molecule has 0 radical (unpaired) electrons. The fourth-order valence-electron chi connectivity index (χ4n) is 7.54. The number of aryl methyl sites for hydroxylation is 1. The van der Waals surface area contributed by atoms with E-state index in [1.807, 2.05) is 42.5 Å². The summed E-state index contributed by atoms with van der Waals surface area (Å²) in [6, 6.07) is 16.8. The van der Waals surface area contributed by atoms with Crippen LogP contribution >= 0.6 is 7.82 Å². The Labute approximate surface area is 348 Å². The highest BCUT2D eigenvalue weighted by molar-refractivity contribution is 7.47. The van der Waals surface area contributed by atoms with E-state index in [4.69, 9.17) is 23.3 Å². The van der Waals surface area contributed by atoms with Gasteiger partial charge in [-0.15, -0.1) is 0 Å². The Kier molecular flexibility index (Phi) is 19.1. The molecule has 0 spiro atoms. The van der Waals surface area contributed by atoms with E-state index in [-0.39, 0.29) is 25.5 Å². The highest BCUT2D eigenvalue weighted by atomic mass is 31.2. The number of benzene rings is 1. The van der Waals surface area contributed by atoms with Gasteiger partial charge in [-0.05, 0) is 37.6 Å². The first-order valence-corrected chi connectivity index (χ1v) is 23.1. The molecule has 6 atom stereocenters. The van der Waals surface area contributed by atoms with Crippen molar-refractivity contribution < 1.29 is 42.9 Å². The number of phosphoric acid groups is 1. The van der Waals surface area contributed by atoms with Crippen molar-refractivity contribution in [1.29, 1.82) is 5.26 Å². The summed E-state index contributed by atoms with van der Waals surface area (Å²) in [7, 11) is -4.74. The molecule has 1 unspecified atom stereocenters. The molecule has 1 saturated heterocycles. The number of pyridine rings is 1. The van der Waals surface area contributed by atoms with Crippen molar-refractivity contribution in [3.63, 3.8) is 0 Å². The predicted octanol–water partition coefficient (Wildman–Crippen LogP) is 8.42. The second-order valence-electron chi connectivity index (χ2n) is 15.7. The van der Waals surface area contributed by atoms with Gasteiger partial charge in [-0.2, -0.15) is 10.4 Å². The van der Waals surface area contributed by atoms with Gasteiger partial charge in [0.05, 0.1) is 54.5 Å². The lowest BCUT2D eigenvalue weighted by Crippen LogP contribution is -2.41. The summed E-state index contributed by atoms with van der Waals surface area (Å²) in [5.74, 6) is 0. The Bertz CT molecular complexity index is 1940. The smallest absolute Gasteiger partial charge is 0.387 e. The molecule has 3 aromatic heterocycles. The van der Waals surface area contributed by atoms with Gasteiger partial charge in [-0.3, -0.25) is 14.0 Å². The van der Waals surface area contributed by atoms with Crippen LogP contribution in [0.2, 0.25) is 0 Å². The number of hydrogen-bond donors (Lipinski definition) is 3. The maximum absolute atomic E-state index is 13.1. The second kappa shape index (κ2) is 24.2. The lowest BCUT2D eigenvalue weighted by Gasteiger charge is -2.24. The minimum atomic E-state index is -4.74. The van der Waals surface area contributed by atoms with Crippen molar-refractivity contribution in [2.75, 3.05) is 26.4 Å². The number of nitrogens with zero attached hydrogens (tertiary/aromatic N) is 5. The minimum Gasteiger partial charge on any atom is -0.387 e. The van der Waals surface area contributed by atoms with E-state index in [1.54, 1.807) is 19.1 Å². The van der Waals surface area contributed by atoms with Gasteiger partial charge in [0.1, 0.15) is 36.8 Å². The predicted molar refractivity (Wildman–Crippen MR) is 224 cm³/mol. The first-order valence-electron chi connectivity index (χ1n) is 21.6. The van der Waals surface area contributed by atoms with Gasteiger partial charge in [0.15, 0.2) is 0 Å². The van der Waals surface area contributed by atoms with Gasteiger partial charge in [0, 0.05) is 12.0 Å². The Balaban J connectivity index is 1.04. The molecule has 5 rings (SSSR count). The molecular weight excluding hydrogens is 773 g/mol. The molecule has 1 aromatic carbocycles. The number of unbranched alkanes of at least 4 members (excludes halogenated alkanes) is 15. The van der Waals surface area contributed by atoms with Crippen molar-refractivity contribution in [2.24, 2.45) is 0 Å². The van der Waals surface area contributed by atoms with Gasteiger partial charge in [0.2, 0.25) is 5.60 Å². The summed E-state index contributed by atoms with van der Waals surface area (Å²) in [5.41, 5.74) is 0.840. The van der Waals surface area contributed by atoms with Crippen LogP contribution in [0.4, 0.5) is 0 Å². The topological polar surface area (TPSA) is 191 Å². The van der Waals surface area contributed by atoms with Crippen molar-refractivity contribution in [2.45, 2.75) is 153 Å². The number of aliphatic hydroxyl groups excluding tert-OH is 2. The Morgan fingerprint density at radius 2 is 1.54 bits per heavy atom. The van der Waals surface area contributed by atoms with Crippen LogP contribution in [-0.2, 0) is 40.0 Å². The number of fused-ring (bicyclic) bond motifs is 2. The molecule has 0 saturated carbocycles. The quantitative estimate of drug-likeness (QED) is 0.0349. The first kappa shape index (κ1) is 46.7. The van der Waals surface area contributed by atoms with E-state index < -0.39 is 44.4 Å². The first-order chi connectivity index (χ1) is 28.7. The largest absolute Gasteiger partial charge is 0.472 e. The van der Waals surface area contributed by atoms with Crippen molar-refractivity contribution in [1.82, 2.24) is 19.6 Å². The van der Waals surface area contributed by atoms with E-state index in [9.17, 15) is 24.9 Å². The van der Waals surface area contributed by atoms with Crippen molar-refractivity contribution in [3.8, 4) is 6.07 Å². The van der Waals surface area contributed by atoms with Crippen LogP contribution in [0.25, 0.3) is 16.4 Å². The van der Waals surface area contributed by atoms with Gasteiger partial charge in [-0.1, -0.05) is 128 Å². The third-order valence-corrected chi connectivity index (χ3v) is 12.0. The molecule has 15 heteroatoms. The number of ether oxygens (including phenoxy) is 3. The summed E-state index contributed by atoms with van der Waals surface area (Å²) in [5, 5.41) is 37.3. The summed E-state index contributed by atoms with van der Waals surface area (Å²) in [6.45, 7) is 3.78. The fourth-order valence-corrected chi connectivity index (χ4v) is 8.30. The maximum atomic E-state index is 13.1. The van der Waals surface area contributed by atoms with E-state index in [0.29, 0.717) is 23.5 Å². The van der Waals surface area contributed by atoms with Crippen LogP contribution in [0.1, 0.15) is 127 Å². The van der Waals surface area contributed by atoms with Gasteiger partial charge in [-0.25, -0.2) is 14.1 Å². The SMILES string of the molecule is CCCCCCCCCCCCCCCCCCOC[C@H](COP(=O)(O)OC[C@H]1O[C@@](C#N)(c2ccc3c(C)ncnn23)[C@H](O)[C@@H]1O)OCc1ccc2ccccc2n1. The number of aromatic nitrogens is 4. The van der Waals surface area contributed by atoms with Crippen LogP contribution in [-0.4, -0.2) is 85.5 Å². The molecular formula is C44H64N5O9P. The average Bonchev–Trinajstić information content (AvgIpc) is 3.79. The standard InChI is InChI=1S/C44H64N5O9P/c1-3-4-5-6-7-8-9-10-11-12-13-14-15-16-17-20-27-54-29-37(55-28-36-24-23-35-21-18-19-22-38(35)48-36)30-56-59(52,53)57-31-40-42(50)43(51)44(32-45,58-40)41-26-25-39-34(2)46-33-47-49(39)41/h18-19,21-26,33,37,40,42-43,50-51H,3-17,20,27-31H2,1-2H3,(H,52,53)/t37-,40-,42-,43-,44+/m1/s1. The highest BCUT2D eigenvalue weighted by Gasteiger charge is 2.58. The normalized spacial score (nSPS) is 20.9. The summed E-state index contributed by atoms with van der Waals surface area (Å²) in [6.07, 6.45) is 16.4. The van der Waals surface area contributed by atoms with E-state index in [0.717, 1.165) is 30.2 Å². The molecule has 4 heterocycles. The third kappa shape index (κ3) is 13.8. The monoisotopic (exact) mass is 837 g/mol. The molecule has 3 N–H and O–H groups in total. The summed E-state index contributed by atoms with van der Waals surface area (Å²) < 4.78 is 43.1. The van der Waals surface area contributed by atoms with Crippen molar-refractivity contribution >= 4 is 24.2 Å². The highest BCUT2D eigenvalue weighted by Crippen LogP contribution is 2.46. The average molecular weight is 838 g/mol. The summed E-state index contributed by atoms with van der Waals surface area (Å²) in [4.78, 5) is 19.5. The molecule has 324 valence electrons. The number of aliphatic hydroxyl groups is 2. The Morgan fingerprint density at radius 1 is 0.881 bits per heavy atom. The van der Waals surface area contributed by atoms with Crippen molar-refractivity contribution in [3.05, 3.63) is 71.9 Å². The van der Waals surface area contributed by atoms with Gasteiger partial charge < -0.3 is 29.3 Å². The molecule has 0 amide bonds. The zero-order valence-electron chi connectivity index (χ0n) is 34.8. The van der Waals surface area contributed by atoms with Crippen LogP contribution in [0, 0.1) is 18.3 Å². The molecule has 14 nitrogen and oxygen atoms in total. The molecule has 4 aromatic rings. The lowest BCUT2D eigenvalue weighted by atomic mass is 9.92. The molecule has 1 aliphatic rings. The van der Waals surface area contributed by atoms with E-state index in [2.05, 4.69) is 22.0 Å². The van der Waals surface area contributed by atoms with Gasteiger partial charge in [0.25, 0.3) is 0 Å². The zero-order chi connectivity index (χ0) is 41.9. The fraction of sp³-hybridized carbons (Fsp3) is 0.636. The maximum Gasteiger partial charge on any atom is 0.472 e. The minimum absolute atomic E-state index is 0.113. The second-order valence-corrected chi connectivity index (χ2v) is 17.1. The molecule has 59 heavy (non-hydrogen) atoms. The van der Waals surface area contributed by atoms with Crippen LogP contribution in [0.5, 0.6) is 0 Å². The lowest BCUT2D eigenvalue weighted by molar-refractivity contribution is -0.0691. The van der Waals surface area contributed by atoms with E-state index >= 15 is 0 Å². The zero-order valence-corrected chi connectivity index (χ0v) is 35.7. The summed E-state index contributed by atoms with van der Waals surface area (Å²) >= 11 is 0. The number of rotatable bonds is 29. The van der Waals surface area contributed by atoms with E-state index in [1.165, 1.54) is 94.3 Å². The van der Waals surface area contributed by atoms with Gasteiger partial charge >= 0.3 is 7.82 Å². The third-order valence-electron chi connectivity index (χ3n) is 11.0. The number of hydrogen-bond acceptors (Lipinski definition) is 12. The van der Waals surface area contributed by atoms with Crippen LogP contribution in [0.15, 0.2) is 54.9 Å². The van der Waals surface area contributed by atoms with Crippen LogP contribution in [0.3, 0.4) is 0 Å². The molecule has 0 aliphatic carbocycles. The number of phosphoric ester groups is 1. The Hall–Kier alpha value is -3.35. The molecule has 0 bridgehead atoms. The number of nitriles is 1. The molecule has 1 aliphatic heterocycles. The Morgan fingerprint density at radius 3 is 2.22 bits per heavy atom. The number of para-hydroxylation sites is 1. The molecule has 1 fully saturated rings.